The third-order valence-electron chi connectivity index (χ3n) is 6.34. The minimum Gasteiger partial charge on any atom is -0.378 e. The summed E-state index contributed by atoms with van der Waals surface area (Å²) in [5.41, 5.74) is 0.532. The molecule has 0 unspecified atom stereocenters. The second kappa shape index (κ2) is 6.47. The summed E-state index contributed by atoms with van der Waals surface area (Å²) in [6, 6.07) is 7.27. The molecule has 3 saturated heterocycles. The number of fused-ring (bicyclic) bond motifs is 2. The fourth-order valence-corrected chi connectivity index (χ4v) is 4.94. The van der Waals surface area contributed by atoms with Crippen LogP contribution in [-0.4, -0.2) is 84.0 Å². The number of hydrogen-bond acceptors (Lipinski definition) is 4. The van der Waals surface area contributed by atoms with Crippen LogP contribution in [0.25, 0.3) is 0 Å². The van der Waals surface area contributed by atoms with Gasteiger partial charge in [0.1, 0.15) is 0 Å². The minimum atomic E-state index is -0.126. The molecule has 0 bridgehead atoms. The van der Waals surface area contributed by atoms with Crippen molar-refractivity contribution in [2.24, 2.45) is 5.92 Å². The fourth-order valence-electron chi connectivity index (χ4n) is 4.82. The first-order valence-electron chi connectivity index (χ1n) is 9.74. The van der Waals surface area contributed by atoms with E-state index < -0.39 is 0 Å². The van der Waals surface area contributed by atoms with Crippen molar-refractivity contribution in [2.75, 3.05) is 45.9 Å². The predicted octanol–water partition coefficient (Wildman–Crippen LogP) is 1.49. The zero-order valence-electron chi connectivity index (χ0n) is 15.3. The molecule has 144 valence electrons. The zero-order chi connectivity index (χ0) is 18.6. The maximum atomic E-state index is 13.1. The lowest BCUT2D eigenvalue weighted by Gasteiger charge is -2.63. The number of carbonyl (C=O) groups is 2. The predicted molar refractivity (Wildman–Crippen MR) is 101 cm³/mol. The van der Waals surface area contributed by atoms with E-state index in [-0.39, 0.29) is 23.4 Å². The van der Waals surface area contributed by atoms with Crippen LogP contribution >= 0.6 is 11.6 Å². The van der Waals surface area contributed by atoms with Crippen LogP contribution in [0.4, 0.5) is 0 Å². The molecule has 6 nitrogen and oxygen atoms in total. The van der Waals surface area contributed by atoms with Crippen molar-refractivity contribution >= 4 is 23.4 Å². The summed E-state index contributed by atoms with van der Waals surface area (Å²) in [4.78, 5) is 31.9. The standard InChI is InChI=1S/C20H24ClN3O3/c21-16-5-3-15(4-6-16)18(25)22-9-17-10-27-8-7-24(17)20(11-22)12-23(13-20)19(26)14-1-2-14/h3-6,14,17H,1-2,7-13H2/t17-/m1/s1. The van der Waals surface area contributed by atoms with Crippen molar-refractivity contribution in [2.45, 2.75) is 24.4 Å². The van der Waals surface area contributed by atoms with Crippen molar-refractivity contribution in [3.8, 4) is 0 Å². The largest absolute Gasteiger partial charge is 0.378 e. The molecule has 1 saturated carbocycles. The highest BCUT2D eigenvalue weighted by Crippen LogP contribution is 2.40. The topological polar surface area (TPSA) is 53.1 Å². The summed E-state index contributed by atoms with van der Waals surface area (Å²) >= 11 is 5.96. The van der Waals surface area contributed by atoms with Gasteiger partial charge in [0.2, 0.25) is 5.91 Å². The molecule has 7 heteroatoms. The Hall–Kier alpha value is -1.63. The van der Waals surface area contributed by atoms with E-state index in [9.17, 15) is 9.59 Å². The summed E-state index contributed by atoms with van der Waals surface area (Å²) in [5.74, 6) is 0.577. The van der Waals surface area contributed by atoms with Gasteiger partial charge < -0.3 is 14.5 Å². The van der Waals surface area contributed by atoms with Crippen molar-refractivity contribution < 1.29 is 14.3 Å². The van der Waals surface area contributed by atoms with E-state index in [0.717, 1.165) is 39.1 Å². The highest BCUT2D eigenvalue weighted by atomic mass is 35.5. The molecule has 1 aromatic rings. The first kappa shape index (κ1) is 17.5. The van der Waals surface area contributed by atoms with Gasteiger partial charge in [-0.15, -0.1) is 0 Å². The number of morpholine rings is 1. The van der Waals surface area contributed by atoms with Gasteiger partial charge in [-0.25, -0.2) is 0 Å². The van der Waals surface area contributed by atoms with Gasteiger partial charge in [0, 0.05) is 49.2 Å². The Morgan fingerprint density at radius 2 is 1.78 bits per heavy atom. The van der Waals surface area contributed by atoms with Gasteiger partial charge in [-0.3, -0.25) is 14.5 Å². The smallest absolute Gasteiger partial charge is 0.253 e. The molecular formula is C20H24ClN3O3. The second-order valence-corrected chi connectivity index (χ2v) is 8.74. The molecule has 2 amide bonds. The monoisotopic (exact) mass is 389 g/mol. The minimum absolute atomic E-state index is 0.0308. The van der Waals surface area contributed by atoms with E-state index >= 15 is 0 Å². The Kier molecular flexibility index (Phi) is 4.18. The molecule has 1 aromatic carbocycles. The van der Waals surface area contributed by atoms with Gasteiger partial charge in [0.25, 0.3) is 5.91 Å². The van der Waals surface area contributed by atoms with Crippen LogP contribution in [0.3, 0.4) is 0 Å². The maximum absolute atomic E-state index is 13.1. The van der Waals surface area contributed by atoms with E-state index in [2.05, 4.69) is 4.90 Å². The van der Waals surface area contributed by atoms with Crippen molar-refractivity contribution in [3.63, 3.8) is 0 Å². The maximum Gasteiger partial charge on any atom is 0.253 e. The van der Waals surface area contributed by atoms with E-state index in [1.165, 1.54) is 0 Å². The number of piperazine rings is 1. The van der Waals surface area contributed by atoms with E-state index in [1.54, 1.807) is 24.3 Å². The number of benzene rings is 1. The number of rotatable bonds is 2. The van der Waals surface area contributed by atoms with Gasteiger partial charge in [0.15, 0.2) is 0 Å². The van der Waals surface area contributed by atoms with Crippen molar-refractivity contribution in [3.05, 3.63) is 34.9 Å². The number of nitrogens with zero attached hydrogens (tertiary/aromatic N) is 3. The molecule has 3 heterocycles. The molecular weight excluding hydrogens is 366 g/mol. The first-order chi connectivity index (χ1) is 13.1. The molecule has 0 aromatic heterocycles. The number of halogens is 1. The van der Waals surface area contributed by atoms with Gasteiger partial charge in [0.05, 0.1) is 24.8 Å². The third kappa shape index (κ3) is 3.04. The molecule has 5 rings (SSSR count). The second-order valence-electron chi connectivity index (χ2n) is 8.31. The van der Waals surface area contributed by atoms with Crippen LogP contribution in [0.1, 0.15) is 23.2 Å². The molecule has 0 N–H and O–H groups in total. The van der Waals surface area contributed by atoms with Crippen molar-refractivity contribution in [1.29, 1.82) is 0 Å². The van der Waals surface area contributed by atoms with Crippen LogP contribution in [0, 0.1) is 5.92 Å². The van der Waals surface area contributed by atoms with Gasteiger partial charge in [-0.05, 0) is 37.1 Å². The Balaban J connectivity index is 1.36. The molecule has 3 aliphatic heterocycles. The number of amides is 2. The van der Waals surface area contributed by atoms with Crippen LogP contribution in [0.15, 0.2) is 24.3 Å². The molecule has 4 aliphatic rings. The average Bonchev–Trinajstić information content (AvgIpc) is 3.50. The van der Waals surface area contributed by atoms with Gasteiger partial charge in [-0.2, -0.15) is 0 Å². The Morgan fingerprint density at radius 3 is 2.48 bits per heavy atom. The lowest BCUT2D eigenvalue weighted by Crippen LogP contribution is -2.81. The lowest BCUT2D eigenvalue weighted by atomic mass is 9.82. The molecule has 27 heavy (non-hydrogen) atoms. The average molecular weight is 390 g/mol. The Labute approximate surface area is 164 Å². The van der Waals surface area contributed by atoms with E-state index in [0.29, 0.717) is 36.2 Å². The normalized spacial score (nSPS) is 27.2. The SMILES string of the molecule is O=C(c1ccc(Cl)cc1)N1C[C@@H]2COCCN2C2(C1)CN(C(=O)C1CC1)C2. The number of ether oxygens (including phenoxy) is 1. The summed E-state index contributed by atoms with van der Waals surface area (Å²) in [6.07, 6.45) is 2.06. The number of carbonyl (C=O) groups excluding carboxylic acids is 2. The summed E-state index contributed by atoms with van der Waals surface area (Å²) in [6.45, 7) is 5.02. The van der Waals surface area contributed by atoms with Crippen LogP contribution in [-0.2, 0) is 9.53 Å². The van der Waals surface area contributed by atoms with E-state index in [4.69, 9.17) is 16.3 Å². The lowest BCUT2D eigenvalue weighted by molar-refractivity contribution is -0.173. The third-order valence-corrected chi connectivity index (χ3v) is 6.59. The van der Waals surface area contributed by atoms with Gasteiger partial charge >= 0.3 is 0 Å². The Morgan fingerprint density at radius 1 is 1.07 bits per heavy atom. The summed E-state index contributed by atoms with van der Waals surface area (Å²) in [7, 11) is 0. The Bertz CT molecular complexity index is 758. The number of likely N-dealkylation sites (tertiary alicyclic amines) is 1. The summed E-state index contributed by atoms with van der Waals surface area (Å²) in [5, 5.41) is 0.627. The molecule has 0 radical (unpaired) electrons. The molecule has 1 aliphatic carbocycles. The summed E-state index contributed by atoms with van der Waals surface area (Å²) < 4.78 is 5.70. The molecule has 1 atom stereocenters. The van der Waals surface area contributed by atoms with Crippen LogP contribution in [0.2, 0.25) is 5.02 Å². The fraction of sp³-hybridized carbons (Fsp3) is 0.600. The van der Waals surface area contributed by atoms with Crippen LogP contribution in [0.5, 0.6) is 0 Å². The van der Waals surface area contributed by atoms with Gasteiger partial charge in [-0.1, -0.05) is 11.6 Å². The molecule has 1 spiro atoms. The highest BCUT2D eigenvalue weighted by Gasteiger charge is 2.57. The highest BCUT2D eigenvalue weighted by molar-refractivity contribution is 6.30. The zero-order valence-corrected chi connectivity index (χ0v) is 16.0. The number of hydrogen-bond donors (Lipinski definition) is 0. The first-order valence-corrected chi connectivity index (χ1v) is 10.1. The van der Waals surface area contributed by atoms with Crippen molar-refractivity contribution in [1.82, 2.24) is 14.7 Å². The molecule has 4 fully saturated rings. The van der Waals surface area contributed by atoms with Crippen LogP contribution < -0.4 is 0 Å². The quantitative estimate of drug-likeness (QED) is 0.769. The van der Waals surface area contributed by atoms with E-state index in [1.807, 2.05) is 9.80 Å².